The summed E-state index contributed by atoms with van der Waals surface area (Å²) < 4.78 is 0. The van der Waals surface area contributed by atoms with Crippen molar-refractivity contribution in [3.63, 3.8) is 0 Å². The summed E-state index contributed by atoms with van der Waals surface area (Å²) in [7, 11) is 2.22. The van der Waals surface area contributed by atoms with Crippen LogP contribution in [0.4, 0.5) is 0 Å². The van der Waals surface area contributed by atoms with E-state index in [0.29, 0.717) is 11.6 Å². The van der Waals surface area contributed by atoms with Gasteiger partial charge in [0.05, 0.1) is 0 Å². The predicted octanol–water partition coefficient (Wildman–Crippen LogP) is 4.59. The van der Waals surface area contributed by atoms with Crippen molar-refractivity contribution in [1.82, 2.24) is 10.2 Å². The first-order valence-corrected chi connectivity index (χ1v) is 9.69. The highest BCUT2D eigenvalue weighted by atomic mass is 15.2. The maximum absolute atomic E-state index is 3.76. The average molecular weight is 295 g/mol. The maximum atomic E-state index is 3.76. The lowest BCUT2D eigenvalue weighted by Gasteiger charge is -2.46. The summed E-state index contributed by atoms with van der Waals surface area (Å²) in [5.74, 6) is 0.919. The number of hydrogen-bond acceptors (Lipinski definition) is 2. The SMILES string of the molecule is CCCCC(CC)CC(NC)C1(N2CCCC2)CCCC1. The van der Waals surface area contributed by atoms with Gasteiger partial charge in [0.2, 0.25) is 0 Å². The van der Waals surface area contributed by atoms with Crippen molar-refractivity contribution in [2.24, 2.45) is 5.92 Å². The Balaban J connectivity index is 2.04. The Hall–Kier alpha value is -0.0800. The molecule has 1 N–H and O–H groups in total. The molecule has 2 atom stereocenters. The highest BCUT2D eigenvalue weighted by Crippen LogP contribution is 2.42. The van der Waals surface area contributed by atoms with Crippen LogP contribution < -0.4 is 5.32 Å². The third kappa shape index (κ3) is 4.01. The zero-order chi connectivity index (χ0) is 15.1. The van der Waals surface area contributed by atoms with E-state index in [0.717, 1.165) is 5.92 Å². The molecule has 0 aromatic heterocycles. The van der Waals surface area contributed by atoms with E-state index in [-0.39, 0.29) is 0 Å². The zero-order valence-electron chi connectivity index (χ0n) is 14.8. The van der Waals surface area contributed by atoms with E-state index in [9.17, 15) is 0 Å². The Bertz CT molecular complexity index is 277. The number of rotatable bonds is 9. The predicted molar refractivity (Wildman–Crippen MR) is 92.8 cm³/mol. The summed E-state index contributed by atoms with van der Waals surface area (Å²) in [6.45, 7) is 7.42. The van der Waals surface area contributed by atoms with Gasteiger partial charge in [0.25, 0.3) is 0 Å². The summed E-state index contributed by atoms with van der Waals surface area (Å²) >= 11 is 0. The van der Waals surface area contributed by atoms with Gasteiger partial charge in [-0.05, 0) is 58.2 Å². The van der Waals surface area contributed by atoms with Crippen LogP contribution in [0.25, 0.3) is 0 Å². The van der Waals surface area contributed by atoms with Crippen LogP contribution in [-0.4, -0.2) is 36.6 Å². The molecule has 0 aromatic carbocycles. The topological polar surface area (TPSA) is 15.3 Å². The summed E-state index contributed by atoms with van der Waals surface area (Å²) in [6, 6.07) is 0.708. The minimum Gasteiger partial charge on any atom is -0.315 e. The van der Waals surface area contributed by atoms with Gasteiger partial charge in [-0.15, -0.1) is 0 Å². The van der Waals surface area contributed by atoms with Crippen molar-refractivity contribution in [1.29, 1.82) is 0 Å². The molecule has 2 unspecified atom stereocenters. The fourth-order valence-corrected chi connectivity index (χ4v) is 4.96. The van der Waals surface area contributed by atoms with Gasteiger partial charge < -0.3 is 5.32 Å². The highest BCUT2D eigenvalue weighted by Gasteiger charge is 2.46. The van der Waals surface area contributed by atoms with Gasteiger partial charge >= 0.3 is 0 Å². The molecule has 2 nitrogen and oxygen atoms in total. The molecular weight excluding hydrogens is 256 g/mol. The van der Waals surface area contributed by atoms with Crippen molar-refractivity contribution >= 4 is 0 Å². The molecule has 1 aliphatic carbocycles. The number of likely N-dealkylation sites (N-methyl/N-ethyl adjacent to an activating group) is 1. The number of unbranched alkanes of at least 4 members (excludes halogenated alkanes) is 1. The second kappa shape index (κ2) is 8.53. The molecule has 0 spiro atoms. The molecule has 21 heavy (non-hydrogen) atoms. The number of nitrogens with one attached hydrogen (secondary N) is 1. The molecule has 124 valence electrons. The third-order valence-corrected chi connectivity index (χ3v) is 6.31. The lowest BCUT2D eigenvalue weighted by atomic mass is 9.79. The van der Waals surface area contributed by atoms with Crippen LogP contribution in [0.3, 0.4) is 0 Å². The van der Waals surface area contributed by atoms with Crippen LogP contribution in [0.1, 0.15) is 84.5 Å². The number of nitrogens with zero attached hydrogens (tertiary/aromatic N) is 1. The van der Waals surface area contributed by atoms with E-state index in [1.54, 1.807) is 0 Å². The van der Waals surface area contributed by atoms with Crippen molar-refractivity contribution < 1.29 is 0 Å². The largest absolute Gasteiger partial charge is 0.315 e. The lowest BCUT2D eigenvalue weighted by molar-refractivity contribution is 0.0675. The van der Waals surface area contributed by atoms with Crippen LogP contribution >= 0.6 is 0 Å². The molecule has 1 saturated heterocycles. The van der Waals surface area contributed by atoms with E-state index in [1.165, 1.54) is 83.7 Å². The van der Waals surface area contributed by atoms with Crippen molar-refractivity contribution in [2.45, 2.75) is 96.1 Å². The first-order chi connectivity index (χ1) is 10.3. The molecule has 1 aliphatic heterocycles. The minimum absolute atomic E-state index is 0.491. The van der Waals surface area contributed by atoms with Gasteiger partial charge in [0.1, 0.15) is 0 Å². The fraction of sp³-hybridized carbons (Fsp3) is 1.00. The highest BCUT2D eigenvalue weighted by molar-refractivity contribution is 5.04. The first kappa shape index (κ1) is 17.3. The Labute approximate surface area is 133 Å². The van der Waals surface area contributed by atoms with Crippen LogP contribution in [0.2, 0.25) is 0 Å². The van der Waals surface area contributed by atoms with E-state index in [2.05, 4.69) is 31.1 Å². The van der Waals surface area contributed by atoms with E-state index in [4.69, 9.17) is 0 Å². The number of hydrogen-bond donors (Lipinski definition) is 1. The smallest absolute Gasteiger partial charge is 0.0362 e. The standard InChI is InChI=1S/C19H38N2/c1-4-6-11-17(5-2)16-18(20-3)19(12-7-8-13-19)21-14-9-10-15-21/h17-18,20H,4-16H2,1-3H3. The fourth-order valence-electron chi connectivity index (χ4n) is 4.96. The normalized spacial score (nSPS) is 25.3. The van der Waals surface area contributed by atoms with Crippen molar-refractivity contribution in [3.05, 3.63) is 0 Å². The third-order valence-electron chi connectivity index (χ3n) is 6.31. The van der Waals surface area contributed by atoms with Gasteiger partial charge in [-0.25, -0.2) is 0 Å². The molecule has 0 radical (unpaired) electrons. The molecule has 0 aromatic rings. The van der Waals surface area contributed by atoms with Gasteiger partial charge in [-0.1, -0.05) is 52.4 Å². The average Bonchev–Trinajstić information content (AvgIpc) is 3.19. The Kier molecular flexibility index (Phi) is 7.01. The van der Waals surface area contributed by atoms with Crippen molar-refractivity contribution in [3.8, 4) is 0 Å². The van der Waals surface area contributed by atoms with Gasteiger partial charge in [-0.2, -0.15) is 0 Å². The molecule has 2 fully saturated rings. The molecule has 0 amide bonds. The second-order valence-electron chi connectivity index (χ2n) is 7.50. The second-order valence-corrected chi connectivity index (χ2v) is 7.50. The monoisotopic (exact) mass is 294 g/mol. The summed E-state index contributed by atoms with van der Waals surface area (Å²) in [6.07, 6.45) is 15.5. The molecule has 0 bridgehead atoms. The van der Waals surface area contributed by atoms with Crippen LogP contribution in [0, 0.1) is 5.92 Å². The zero-order valence-corrected chi connectivity index (χ0v) is 14.8. The van der Waals surface area contributed by atoms with Crippen LogP contribution in [-0.2, 0) is 0 Å². The van der Waals surface area contributed by atoms with Gasteiger partial charge in [0.15, 0.2) is 0 Å². The molecule has 2 heteroatoms. The minimum atomic E-state index is 0.491. The molecule has 2 rings (SSSR count). The summed E-state index contributed by atoms with van der Waals surface area (Å²) in [4.78, 5) is 2.87. The molecular formula is C19H38N2. The van der Waals surface area contributed by atoms with Crippen LogP contribution in [0.5, 0.6) is 0 Å². The quantitative estimate of drug-likeness (QED) is 0.669. The molecule has 2 aliphatic rings. The van der Waals surface area contributed by atoms with E-state index < -0.39 is 0 Å². The van der Waals surface area contributed by atoms with Crippen LogP contribution in [0.15, 0.2) is 0 Å². The van der Waals surface area contributed by atoms with Crippen molar-refractivity contribution in [2.75, 3.05) is 20.1 Å². The Morgan fingerprint density at radius 1 is 1.05 bits per heavy atom. The van der Waals surface area contributed by atoms with Gasteiger partial charge in [-0.3, -0.25) is 4.90 Å². The lowest BCUT2D eigenvalue weighted by Crippen LogP contribution is -2.59. The Morgan fingerprint density at radius 3 is 2.24 bits per heavy atom. The van der Waals surface area contributed by atoms with E-state index >= 15 is 0 Å². The first-order valence-electron chi connectivity index (χ1n) is 9.69. The molecule has 1 heterocycles. The van der Waals surface area contributed by atoms with Gasteiger partial charge in [0, 0.05) is 11.6 Å². The maximum Gasteiger partial charge on any atom is 0.0362 e. The number of likely N-dealkylation sites (tertiary alicyclic amines) is 1. The molecule has 1 saturated carbocycles. The van der Waals surface area contributed by atoms with E-state index in [1.807, 2.05) is 0 Å². The summed E-state index contributed by atoms with van der Waals surface area (Å²) in [5.41, 5.74) is 0.491. The Morgan fingerprint density at radius 2 is 1.71 bits per heavy atom. The summed E-state index contributed by atoms with van der Waals surface area (Å²) in [5, 5.41) is 3.76.